The van der Waals surface area contributed by atoms with Gasteiger partial charge in [-0.3, -0.25) is 18.6 Å². The van der Waals surface area contributed by atoms with Gasteiger partial charge in [-0.05, 0) is 58.4 Å². The Morgan fingerprint density at radius 2 is 1.02 bits per heavy atom. The summed E-state index contributed by atoms with van der Waals surface area (Å²) in [6, 6.07) is 0. The topological polar surface area (TPSA) is 120 Å². The lowest BCUT2D eigenvalue weighted by Crippen LogP contribution is -2.29. The lowest BCUT2D eigenvalue weighted by molar-refractivity contribution is -0.161. The molecule has 324 valence electrons. The number of rotatable bonds is 41. The summed E-state index contributed by atoms with van der Waals surface area (Å²) in [4.78, 5) is 35.1. The number of phosphoric acid groups is 1. The Kier molecular flexibility index (Phi) is 40.6. The molecule has 0 amide bonds. The minimum Gasteiger partial charge on any atom is -0.462 e. The quantitative estimate of drug-likeness (QED) is 0.0269. The van der Waals surface area contributed by atoms with Gasteiger partial charge in [-0.2, -0.15) is 0 Å². The zero-order valence-electron chi connectivity index (χ0n) is 35.8. The molecule has 0 aromatic heterocycles. The van der Waals surface area contributed by atoms with Crippen molar-refractivity contribution in [2.75, 3.05) is 33.4 Å². The molecule has 0 saturated carbocycles. The molecule has 0 heterocycles. The number of nitrogens with one attached hydrogen (secondary N) is 1. The molecule has 0 spiro atoms. The van der Waals surface area contributed by atoms with Gasteiger partial charge in [0.1, 0.15) is 6.61 Å². The van der Waals surface area contributed by atoms with Gasteiger partial charge < -0.3 is 19.7 Å². The molecule has 2 atom stereocenters. The molecule has 0 saturated heterocycles. The first kappa shape index (κ1) is 53.7. The molecule has 2 N–H and O–H groups in total. The van der Waals surface area contributed by atoms with Crippen molar-refractivity contribution in [1.29, 1.82) is 0 Å². The highest BCUT2D eigenvalue weighted by molar-refractivity contribution is 7.47. The highest BCUT2D eigenvalue weighted by Gasteiger charge is 2.26. The van der Waals surface area contributed by atoms with Crippen LogP contribution in [0.15, 0.2) is 60.8 Å². The van der Waals surface area contributed by atoms with Crippen molar-refractivity contribution < 1.29 is 37.6 Å². The largest absolute Gasteiger partial charge is 0.472 e. The number of unbranched alkanes of at least 4 members (excludes halogenated alkanes) is 17. The lowest BCUT2D eigenvalue weighted by Gasteiger charge is -2.20. The highest BCUT2D eigenvalue weighted by Crippen LogP contribution is 2.43. The summed E-state index contributed by atoms with van der Waals surface area (Å²) >= 11 is 0. The number of carbonyl (C=O) groups excluding carboxylic acids is 2. The Balaban J connectivity index is 4.29. The van der Waals surface area contributed by atoms with Crippen LogP contribution in [-0.4, -0.2) is 56.3 Å². The van der Waals surface area contributed by atoms with Gasteiger partial charge in [0, 0.05) is 19.4 Å². The second kappa shape index (κ2) is 42.3. The maximum absolute atomic E-state index is 12.6. The van der Waals surface area contributed by atoms with E-state index in [-0.39, 0.29) is 26.1 Å². The third-order valence-electron chi connectivity index (χ3n) is 9.15. The average Bonchev–Trinajstić information content (AvgIpc) is 3.18. The number of hydrogen-bond acceptors (Lipinski definition) is 8. The molecule has 0 fully saturated rings. The summed E-state index contributed by atoms with van der Waals surface area (Å²) in [5.74, 6) is -0.873. The number of likely N-dealkylation sites (N-methyl/N-ethyl adjacent to an activating group) is 1. The van der Waals surface area contributed by atoms with Crippen LogP contribution in [0.1, 0.15) is 181 Å². The summed E-state index contributed by atoms with van der Waals surface area (Å²) in [5, 5.41) is 2.82. The van der Waals surface area contributed by atoms with Gasteiger partial charge in [-0.25, -0.2) is 4.57 Å². The van der Waals surface area contributed by atoms with Crippen LogP contribution in [0.4, 0.5) is 0 Å². The van der Waals surface area contributed by atoms with Crippen LogP contribution < -0.4 is 5.32 Å². The summed E-state index contributed by atoms with van der Waals surface area (Å²) in [6.45, 7) is 4.05. The van der Waals surface area contributed by atoms with Gasteiger partial charge in [0.25, 0.3) is 0 Å². The molecule has 0 aromatic carbocycles. The number of allylic oxidation sites excluding steroid dienone is 10. The fraction of sp³-hybridized carbons (Fsp3) is 0.739. The molecule has 0 rings (SSSR count). The van der Waals surface area contributed by atoms with Crippen LogP contribution in [0.3, 0.4) is 0 Å². The van der Waals surface area contributed by atoms with Gasteiger partial charge in [-0.1, -0.05) is 177 Å². The average molecular weight is 808 g/mol. The summed E-state index contributed by atoms with van der Waals surface area (Å²) in [6.07, 6.45) is 48.4. The van der Waals surface area contributed by atoms with Crippen molar-refractivity contribution in [1.82, 2.24) is 5.32 Å². The standard InChI is InChI=1S/C46H82NO8P/c1-4-6-8-10-12-14-16-18-20-22-24-26-28-30-32-34-36-38-45(48)52-42-44(43-54-56(50,51)53-41-40-47-3)55-46(49)39-37-35-33-31-29-27-25-23-21-19-17-15-13-11-9-7-5-2/h6,8,12,14,18,20,24,26,30,32,44,47H,4-5,7,9-11,13,15-17,19,21-23,25,27-29,31,33-43H2,1-3H3,(H,50,51)/b8-6-,14-12-,20-18-,26-24-,32-30-. The van der Waals surface area contributed by atoms with E-state index in [4.69, 9.17) is 18.5 Å². The van der Waals surface area contributed by atoms with Gasteiger partial charge in [0.15, 0.2) is 6.10 Å². The number of hydrogen-bond donors (Lipinski definition) is 2. The fourth-order valence-electron chi connectivity index (χ4n) is 5.82. The highest BCUT2D eigenvalue weighted by atomic mass is 31.2. The molecule has 0 bridgehead atoms. The van der Waals surface area contributed by atoms with E-state index in [1.165, 1.54) is 89.9 Å². The van der Waals surface area contributed by atoms with Gasteiger partial charge in [0.2, 0.25) is 0 Å². The van der Waals surface area contributed by atoms with Crippen molar-refractivity contribution in [3.63, 3.8) is 0 Å². The molecular formula is C46H82NO8P. The molecule has 0 radical (unpaired) electrons. The molecule has 0 aromatic rings. The van der Waals surface area contributed by atoms with E-state index >= 15 is 0 Å². The van der Waals surface area contributed by atoms with Crippen LogP contribution in [0.2, 0.25) is 0 Å². The van der Waals surface area contributed by atoms with Crippen molar-refractivity contribution in [2.45, 2.75) is 187 Å². The van der Waals surface area contributed by atoms with Gasteiger partial charge >= 0.3 is 19.8 Å². The van der Waals surface area contributed by atoms with E-state index in [2.05, 4.69) is 79.9 Å². The van der Waals surface area contributed by atoms with Gasteiger partial charge in [-0.15, -0.1) is 0 Å². The van der Waals surface area contributed by atoms with Crippen LogP contribution >= 0.6 is 7.82 Å². The SMILES string of the molecule is CC/C=C\C/C=C\C/C=C\C/C=C\C/C=C\CCCC(=O)OCC(COP(=O)(O)OCCNC)OC(=O)CCCCCCCCCCCCCCCCCCC. The van der Waals surface area contributed by atoms with Crippen molar-refractivity contribution in [2.24, 2.45) is 0 Å². The third kappa shape index (κ3) is 41.3. The Labute approximate surface area is 342 Å². The van der Waals surface area contributed by atoms with Crippen molar-refractivity contribution in [3.8, 4) is 0 Å². The first-order valence-electron chi connectivity index (χ1n) is 22.2. The second-order valence-corrected chi connectivity index (χ2v) is 16.0. The molecule has 9 nitrogen and oxygen atoms in total. The van der Waals surface area contributed by atoms with E-state index in [0.29, 0.717) is 19.4 Å². The Morgan fingerprint density at radius 3 is 1.50 bits per heavy atom. The van der Waals surface area contributed by atoms with Crippen LogP contribution in [0.5, 0.6) is 0 Å². The number of carbonyl (C=O) groups is 2. The van der Waals surface area contributed by atoms with Crippen molar-refractivity contribution in [3.05, 3.63) is 60.8 Å². The maximum Gasteiger partial charge on any atom is 0.472 e. The van der Waals surface area contributed by atoms with E-state index < -0.39 is 32.5 Å². The normalized spacial score (nSPS) is 13.9. The predicted octanol–water partition coefficient (Wildman–Crippen LogP) is 12.8. The van der Waals surface area contributed by atoms with E-state index in [9.17, 15) is 19.0 Å². The molecule has 2 unspecified atom stereocenters. The first-order chi connectivity index (χ1) is 27.3. The Bertz CT molecular complexity index is 1100. The Hall–Kier alpha value is -2.29. The molecule has 10 heteroatoms. The van der Waals surface area contributed by atoms with Crippen LogP contribution in [0, 0.1) is 0 Å². The number of esters is 2. The predicted molar refractivity (Wildman–Crippen MR) is 234 cm³/mol. The zero-order chi connectivity index (χ0) is 41.1. The minimum atomic E-state index is -4.36. The van der Waals surface area contributed by atoms with E-state index in [1.54, 1.807) is 7.05 Å². The first-order valence-corrected chi connectivity index (χ1v) is 23.7. The minimum absolute atomic E-state index is 0.0269. The van der Waals surface area contributed by atoms with Crippen molar-refractivity contribution >= 4 is 19.8 Å². The summed E-state index contributed by atoms with van der Waals surface area (Å²) in [5.41, 5.74) is 0. The van der Waals surface area contributed by atoms with Crippen LogP contribution in [0.25, 0.3) is 0 Å². The molecule has 0 aliphatic heterocycles. The number of ether oxygens (including phenoxy) is 2. The lowest BCUT2D eigenvalue weighted by atomic mass is 10.0. The second-order valence-electron chi connectivity index (χ2n) is 14.5. The molecular weight excluding hydrogens is 725 g/mol. The maximum atomic E-state index is 12.6. The van der Waals surface area contributed by atoms with E-state index in [1.807, 2.05) is 0 Å². The fourth-order valence-corrected chi connectivity index (χ4v) is 6.57. The monoisotopic (exact) mass is 808 g/mol. The molecule has 56 heavy (non-hydrogen) atoms. The molecule has 0 aliphatic carbocycles. The molecule has 0 aliphatic rings. The Morgan fingerprint density at radius 1 is 0.571 bits per heavy atom. The smallest absolute Gasteiger partial charge is 0.462 e. The zero-order valence-corrected chi connectivity index (χ0v) is 36.7. The summed E-state index contributed by atoms with van der Waals surface area (Å²) in [7, 11) is -2.67. The van der Waals surface area contributed by atoms with Gasteiger partial charge in [0.05, 0.1) is 13.2 Å². The van der Waals surface area contributed by atoms with Crippen LogP contribution in [-0.2, 0) is 32.7 Å². The summed E-state index contributed by atoms with van der Waals surface area (Å²) < 4.78 is 33.2. The van der Waals surface area contributed by atoms with E-state index in [0.717, 1.165) is 51.4 Å². The third-order valence-corrected chi connectivity index (χ3v) is 10.1. The number of phosphoric ester groups is 1.